The Morgan fingerprint density at radius 3 is 2.57 bits per heavy atom. The number of nitrogens with zero attached hydrogens (tertiary/aromatic N) is 1. The lowest BCUT2D eigenvalue weighted by Gasteiger charge is -2.05. The molecular weight excluding hydrogens is 174 g/mol. The number of hydrogen-bond acceptors (Lipinski definition) is 2. The highest BCUT2D eigenvalue weighted by Gasteiger charge is 2.03. The van der Waals surface area contributed by atoms with Crippen molar-refractivity contribution in [3.63, 3.8) is 0 Å². The summed E-state index contributed by atoms with van der Waals surface area (Å²) in [5.41, 5.74) is 1.23. The molecule has 0 aliphatic heterocycles. The van der Waals surface area contributed by atoms with Crippen LogP contribution in [0.2, 0.25) is 0 Å². The molecule has 1 rings (SSSR count). The lowest BCUT2D eigenvalue weighted by atomic mass is 10.2. The van der Waals surface area contributed by atoms with Gasteiger partial charge in [0.05, 0.1) is 0 Å². The van der Waals surface area contributed by atoms with Gasteiger partial charge in [0.15, 0.2) is 0 Å². The maximum absolute atomic E-state index is 4.34. The SMILES string of the molecule is CC(C)NCCc1ncc(C(C)C)[nH]1. The highest BCUT2D eigenvalue weighted by Crippen LogP contribution is 2.10. The maximum Gasteiger partial charge on any atom is 0.107 e. The van der Waals surface area contributed by atoms with E-state index in [1.807, 2.05) is 6.20 Å². The standard InChI is InChI=1S/C11H21N3/c1-8(2)10-7-13-11(14-10)5-6-12-9(3)4/h7-9,12H,5-6H2,1-4H3,(H,13,14). The van der Waals surface area contributed by atoms with Crippen LogP contribution in [-0.2, 0) is 6.42 Å². The summed E-state index contributed by atoms with van der Waals surface area (Å²) in [7, 11) is 0. The van der Waals surface area contributed by atoms with Crippen molar-refractivity contribution in [2.45, 2.75) is 46.1 Å². The Morgan fingerprint density at radius 1 is 1.36 bits per heavy atom. The molecular formula is C11H21N3. The third kappa shape index (κ3) is 3.50. The van der Waals surface area contributed by atoms with Gasteiger partial charge in [0.1, 0.15) is 5.82 Å². The van der Waals surface area contributed by atoms with Crippen molar-refractivity contribution in [3.05, 3.63) is 17.7 Å². The predicted molar refractivity (Wildman–Crippen MR) is 59.5 cm³/mol. The van der Waals surface area contributed by atoms with E-state index in [9.17, 15) is 0 Å². The largest absolute Gasteiger partial charge is 0.346 e. The van der Waals surface area contributed by atoms with E-state index in [0.717, 1.165) is 18.8 Å². The predicted octanol–water partition coefficient (Wildman–Crippen LogP) is 2.07. The van der Waals surface area contributed by atoms with E-state index < -0.39 is 0 Å². The van der Waals surface area contributed by atoms with Gasteiger partial charge in [-0.25, -0.2) is 4.98 Å². The first-order valence-electron chi connectivity index (χ1n) is 5.36. The minimum absolute atomic E-state index is 0.536. The summed E-state index contributed by atoms with van der Waals surface area (Å²) in [6, 6.07) is 0.550. The van der Waals surface area contributed by atoms with Crippen molar-refractivity contribution < 1.29 is 0 Å². The molecule has 80 valence electrons. The topological polar surface area (TPSA) is 40.7 Å². The fraction of sp³-hybridized carbons (Fsp3) is 0.727. The molecule has 0 saturated heterocycles. The molecule has 0 fully saturated rings. The summed E-state index contributed by atoms with van der Waals surface area (Å²) in [5, 5.41) is 3.37. The summed E-state index contributed by atoms with van der Waals surface area (Å²) < 4.78 is 0. The van der Waals surface area contributed by atoms with Crippen LogP contribution in [0.4, 0.5) is 0 Å². The number of imidazole rings is 1. The first-order chi connectivity index (χ1) is 6.59. The van der Waals surface area contributed by atoms with Crippen LogP contribution < -0.4 is 5.32 Å². The minimum atomic E-state index is 0.536. The Balaban J connectivity index is 2.36. The Morgan fingerprint density at radius 2 is 2.07 bits per heavy atom. The van der Waals surface area contributed by atoms with Gasteiger partial charge in [-0.05, 0) is 5.92 Å². The molecule has 1 aromatic heterocycles. The number of rotatable bonds is 5. The van der Waals surface area contributed by atoms with Crippen LogP contribution in [0.5, 0.6) is 0 Å². The zero-order chi connectivity index (χ0) is 10.6. The molecule has 1 heterocycles. The van der Waals surface area contributed by atoms with E-state index in [-0.39, 0.29) is 0 Å². The second kappa shape index (κ2) is 5.15. The molecule has 3 heteroatoms. The van der Waals surface area contributed by atoms with Gasteiger partial charge in [0.2, 0.25) is 0 Å². The van der Waals surface area contributed by atoms with Crippen LogP contribution >= 0.6 is 0 Å². The number of nitrogens with one attached hydrogen (secondary N) is 2. The van der Waals surface area contributed by atoms with Crippen LogP contribution in [-0.4, -0.2) is 22.6 Å². The molecule has 0 unspecified atom stereocenters. The lowest BCUT2D eigenvalue weighted by molar-refractivity contribution is 0.584. The molecule has 0 amide bonds. The first kappa shape index (κ1) is 11.2. The van der Waals surface area contributed by atoms with E-state index in [0.29, 0.717) is 12.0 Å². The molecule has 0 saturated carbocycles. The highest BCUT2D eigenvalue weighted by atomic mass is 14.9. The fourth-order valence-corrected chi connectivity index (χ4v) is 1.28. The van der Waals surface area contributed by atoms with Crippen molar-refractivity contribution in [1.29, 1.82) is 0 Å². The van der Waals surface area contributed by atoms with Crippen LogP contribution in [0.1, 0.15) is 45.1 Å². The zero-order valence-electron chi connectivity index (χ0n) is 9.59. The Labute approximate surface area is 86.3 Å². The average Bonchev–Trinajstić information content (AvgIpc) is 2.52. The van der Waals surface area contributed by atoms with E-state index in [2.05, 4.69) is 43.0 Å². The zero-order valence-corrected chi connectivity index (χ0v) is 9.59. The molecule has 0 radical (unpaired) electrons. The van der Waals surface area contributed by atoms with E-state index in [1.165, 1.54) is 5.69 Å². The van der Waals surface area contributed by atoms with Crippen molar-refractivity contribution in [1.82, 2.24) is 15.3 Å². The molecule has 0 spiro atoms. The molecule has 0 aromatic carbocycles. The molecule has 0 aliphatic rings. The summed E-state index contributed by atoms with van der Waals surface area (Å²) >= 11 is 0. The van der Waals surface area contributed by atoms with Crippen molar-refractivity contribution in [3.8, 4) is 0 Å². The van der Waals surface area contributed by atoms with Gasteiger partial charge in [-0.1, -0.05) is 27.7 Å². The molecule has 3 nitrogen and oxygen atoms in total. The number of aromatic nitrogens is 2. The Kier molecular flexibility index (Phi) is 4.14. The van der Waals surface area contributed by atoms with Crippen LogP contribution in [0.25, 0.3) is 0 Å². The number of hydrogen-bond donors (Lipinski definition) is 2. The fourth-order valence-electron chi connectivity index (χ4n) is 1.28. The molecule has 0 aliphatic carbocycles. The molecule has 2 N–H and O–H groups in total. The normalized spacial score (nSPS) is 11.6. The number of H-pyrrole nitrogens is 1. The monoisotopic (exact) mass is 195 g/mol. The molecule has 0 bridgehead atoms. The van der Waals surface area contributed by atoms with Crippen LogP contribution in [0, 0.1) is 0 Å². The van der Waals surface area contributed by atoms with Gasteiger partial charge in [-0.3, -0.25) is 0 Å². The summed E-state index contributed by atoms with van der Waals surface area (Å²) in [5.74, 6) is 1.62. The van der Waals surface area contributed by atoms with Gasteiger partial charge in [-0.15, -0.1) is 0 Å². The average molecular weight is 195 g/mol. The lowest BCUT2D eigenvalue weighted by Crippen LogP contribution is -2.25. The second-order valence-electron chi connectivity index (χ2n) is 4.30. The van der Waals surface area contributed by atoms with Gasteiger partial charge >= 0.3 is 0 Å². The number of aromatic amines is 1. The first-order valence-corrected chi connectivity index (χ1v) is 5.36. The molecule has 14 heavy (non-hydrogen) atoms. The highest BCUT2D eigenvalue weighted by molar-refractivity contribution is 5.05. The van der Waals surface area contributed by atoms with E-state index in [1.54, 1.807) is 0 Å². The van der Waals surface area contributed by atoms with Crippen LogP contribution in [0.15, 0.2) is 6.20 Å². The van der Waals surface area contributed by atoms with Crippen LogP contribution in [0.3, 0.4) is 0 Å². The van der Waals surface area contributed by atoms with Crippen molar-refractivity contribution in [2.75, 3.05) is 6.54 Å². The smallest absolute Gasteiger partial charge is 0.107 e. The molecule has 1 aromatic rings. The summed E-state index contributed by atoms with van der Waals surface area (Å²) in [6.45, 7) is 9.64. The van der Waals surface area contributed by atoms with Gasteiger partial charge in [-0.2, -0.15) is 0 Å². The molecule has 0 atom stereocenters. The summed E-state index contributed by atoms with van der Waals surface area (Å²) in [4.78, 5) is 7.67. The van der Waals surface area contributed by atoms with Gasteiger partial charge in [0, 0.05) is 30.9 Å². The quantitative estimate of drug-likeness (QED) is 0.755. The minimum Gasteiger partial charge on any atom is -0.346 e. The van der Waals surface area contributed by atoms with Crippen molar-refractivity contribution in [2.24, 2.45) is 0 Å². The third-order valence-electron chi connectivity index (χ3n) is 2.18. The van der Waals surface area contributed by atoms with E-state index in [4.69, 9.17) is 0 Å². The second-order valence-corrected chi connectivity index (χ2v) is 4.30. The van der Waals surface area contributed by atoms with E-state index >= 15 is 0 Å². The Hall–Kier alpha value is -0.830. The Bertz CT molecular complexity index is 263. The third-order valence-corrected chi connectivity index (χ3v) is 2.18. The van der Waals surface area contributed by atoms with Crippen molar-refractivity contribution >= 4 is 0 Å². The van der Waals surface area contributed by atoms with Gasteiger partial charge in [0.25, 0.3) is 0 Å². The maximum atomic E-state index is 4.34. The summed E-state index contributed by atoms with van der Waals surface area (Å²) in [6.07, 6.45) is 2.92. The van der Waals surface area contributed by atoms with Gasteiger partial charge < -0.3 is 10.3 Å².